The number of para-hydroxylation sites is 1. The fourth-order valence-electron chi connectivity index (χ4n) is 9.31. The molecule has 0 bridgehead atoms. The van der Waals surface area contributed by atoms with Gasteiger partial charge in [0.25, 0.3) is 6.71 Å². The summed E-state index contributed by atoms with van der Waals surface area (Å²) in [6, 6.07) is 41.8. The van der Waals surface area contributed by atoms with Gasteiger partial charge in [0.2, 0.25) is 0 Å². The molecule has 55 heavy (non-hydrogen) atoms. The van der Waals surface area contributed by atoms with E-state index in [2.05, 4.69) is 210 Å². The summed E-state index contributed by atoms with van der Waals surface area (Å²) in [7, 11) is 0. The number of aryl methyl sites for hydroxylation is 1. The molecule has 0 saturated carbocycles. The van der Waals surface area contributed by atoms with Gasteiger partial charge < -0.3 is 9.80 Å². The smallest absolute Gasteiger partial charge is 0.272 e. The number of hydrogen-bond donors (Lipinski definition) is 0. The maximum Gasteiger partial charge on any atom is 0.272 e. The highest BCUT2D eigenvalue weighted by Crippen LogP contribution is 2.61. The van der Waals surface area contributed by atoms with E-state index in [9.17, 15) is 0 Å². The van der Waals surface area contributed by atoms with Crippen LogP contribution in [0.15, 0.2) is 144 Å². The monoisotopic (exact) mass is 750 g/mol. The third-order valence-corrected chi connectivity index (χ3v) is 14.9. The number of nitrogens with zero attached hydrogens (tertiary/aromatic N) is 2. The van der Waals surface area contributed by atoms with E-state index in [1.54, 1.807) is 0 Å². The summed E-state index contributed by atoms with van der Waals surface area (Å²) >= 11 is 4.08. The number of anilines is 5. The van der Waals surface area contributed by atoms with Gasteiger partial charge in [-0.2, -0.15) is 0 Å². The molecule has 1 aromatic heterocycles. The van der Waals surface area contributed by atoms with Crippen molar-refractivity contribution in [2.45, 2.75) is 71.0 Å². The SMILES string of the molecule is Cc1cc2c3c(c1)N(c1ccc(C(C)(C)C)cc1)c1c(sc4ccccc14)B3C1=C(C3C=CC=CC3(C)S1)N2c1ccccc1-c1ccc(C(C)(C)C)cc1. The molecule has 272 valence electrons. The number of fused-ring (bicyclic) bond motifs is 7. The van der Waals surface area contributed by atoms with Crippen LogP contribution in [0.5, 0.6) is 0 Å². The van der Waals surface area contributed by atoms with Crippen molar-refractivity contribution in [2.24, 2.45) is 5.92 Å². The molecule has 2 atom stereocenters. The van der Waals surface area contributed by atoms with Gasteiger partial charge in [-0.3, -0.25) is 0 Å². The second-order valence-electron chi connectivity index (χ2n) is 18.0. The van der Waals surface area contributed by atoms with E-state index in [4.69, 9.17) is 0 Å². The highest BCUT2D eigenvalue weighted by Gasteiger charge is 2.55. The molecule has 5 heteroatoms. The highest BCUT2D eigenvalue weighted by atomic mass is 32.2. The Morgan fingerprint density at radius 1 is 0.691 bits per heavy atom. The van der Waals surface area contributed by atoms with Crippen LogP contribution in [0.25, 0.3) is 21.2 Å². The zero-order chi connectivity index (χ0) is 38.0. The van der Waals surface area contributed by atoms with E-state index < -0.39 is 0 Å². The van der Waals surface area contributed by atoms with E-state index in [-0.39, 0.29) is 28.2 Å². The molecule has 0 saturated heterocycles. The highest BCUT2D eigenvalue weighted by molar-refractivity contribution is 8.07. The van der Waals surface area contributed by atoms with Crippen LogP contribution < -0.4 is 20.0 Å². The normalized spacial score (nSPS) is 19.9. The largest absolute Gasteiger partial charge is 0.313 e. The van der Waals surface area contributed by atoms with Gasteiger partial charge in [0, 0.05) is 53.9 Å². The molecule has 2 nitrogen and oxygen atoms in total. The number of benzene rings is 5. The number of thiophene rings is 1. The third kappa shape index (κ3) is 5.30. The molecule has 5 aromatic carbocycles. The van der Waals surface area contributed by atoms with Crippen molar-refractivity contribution in [3.63, 3.8) is 0 Å². The van der Waals surface area contributed by atoms with Crippen molar-refractivity contribution in [1.82, 2.24) is 0 Å². The predicted octanol–water partition coefficient (Wildman–Crippen LogP) is 13.0. The first-order valence-electron chi connectivity index (χ1n) is 19.7. The summed E-state index contributed by atoms with van der Waals surface area (Å²) in [6.07, 6.45) is 9.44. The summed E-state index contributed by atoms with van der Waals surface area (Å²) in [6.45, 7) is 18.6. The molecule has 0 N–H and O–H groups in total. The molecule has 0 amide bonds. The summed E-state index contributed by atoms with van der Waals surface area (Å²) in [4.78, 5) is 6.75. The van der Waals surface area contributed by atoms with Crippen molar-refractivity contribution < 1.29 is 0 Å². The van der Waals surface area contributed by atoms with Gasteiger partial charge in [-0.05, 0) is 93.6 Å². The van der Waals surface area contributed by atoms with Crippen LogP contribution in [0, 0.1) is 12.8 Å². The molecular weight excluding hydrogens is 704 g/mol. The lowest BCUT2D eigenvalue weighted by Crippen LogP contribution is -2.54. The van der Waals surface area contributed by atoms with Crippen LogP contribution in [0.1, 0.15) is 65.2 Å². The van der Waals surface area contributed by atoms with Gasteiger partial charge in [-0.15, -0.1) is 23.1 Å². The Kier molecular flexibility index (Phi) is 7.68. The Bertz CT molecular complexity index is 2630. The van der Waals surface area contributed by atoms with E-state index in [0.717, 1.165) is 0 Å². The van der Waals surface area contributed by atoms with Crippen molar-refractivity contribution in [1.29, 1.82) is 0 Å². The minimum atomic E-state index is -0.0883. The van der Waals surface area contributed by atoms with E-state index >= 15 is 0 Å². The molecule has 0 spiro atoms. The van der Waals surface area contributed by atoms with Crippen molar-refractivity contribution in [2.75, 3.05) is 9.80 Å². The second-order valence-corrected chi connectivity index (χ2v) is 20.6. The Hall–Kier alpha value is -4.71. The van der Waals surface area contributed by atoms with E-state index in [0.29, 0.717) is 0 Å². The van der Waals surface area contributed by atoms with Gasteiger partial charge in [0.15, 0.2) is 0 Å². The van der Waals surface area contributed by atoms with E-state index in [1.807, 2.05) is 11.3 Å². The molecule has 1 aliphatic carbocycles. The van der Waals surface area contributed by atoms with Gasteiger partial charge in [-0.1, -0.05) is 139 Å². The van der Waals surface area contributed by atoms with Crippen molar-refractivity contribution in [3.8, 4) is 11.1 Å². The number of hydrogen-bond acceptors (Lipinski definition) is 4. The second kappa shape index (κ2) is 12.1. The topological polar surface area (TPSA) is 6.48 Å². The maximum atomic E-state index is 2.68. The Morgan fingerprint density at radius 2 is 1.33 bits per heavy atom. The van der Waals surface area contributed by atoms with Gasteiger partial charge >= 0.3 is 0 Å². The van der Waals surface area contributed by atoms with Crippen LogP contribution >= 0.6 is 23.1 Å². The Labute approximate surface area is 335 Å². The van der Waals surface area contributed by atoms with Crippen LogP contribution in [0.3, 0.4) is 0 Å². The Balaban J connectivity index is 1.27. The molecule has 0 radical (unpaired) electrons. The fraction of sp³-hybridized carbons (Fsp3) is 0.240. The lowest BCUT2D eigenvalue weighted by Gasteiger charge is -2.44. The van der Waals surface area contributed by atoms with Crippen LogP contribution in [0.2, 0.25) is 0 Å². The minimum Gasteiger partial charge on any atom is -0.313 e. The summed E-state index contributed by atoms with van der Waals surface area (Å²) in [5.74, 6) is 0.228. The van der Waals surface area contributed by atoms with Gasteiger partial charge in [-0.25, -0.2) is 0 Å². The third-order valence-electron chi connectivity index (χ3n) is 12.2. The predicted molar refractivity (Wildman–Crippen MR) is 242 cm³/mol. The van der Waals surface area contributed by atoms with Crippen molar-refractivity contribution >= 4 is 78.6 Å². The molecule has 6 aromatic rings. The van der Waals surface area contributed by atoms with Crippen LogP contribution in [-0.2, 0) is 10.8 Å². The standard InChI is InChI=1S/C50H47BN2S2/c1-31-29-40-43-41(30-31)53(39-18-11-9-15-36(39)32-20-22-33(23-21-32)48(2,3)4)45-38-17-13-14-28-50(38,8)55-47(45)51(43)46-44(37-16-10-12-19-42(37)54-46)52(40)35-26-24-34(25-27-35)49(5,6)7/h9-30,38H,1-8H3. The van der Waals surface area contributed by atoms with E-state index in [1.165, 1.54) is 87.1 Å². The number of allylic oxidation sites excluding steroid dienone is 3. The maximum absolute atomic E-state index is 2.68. The molecule has 10 rings (SSSR count). The summed E-state index contributed by atoms with van der Waals surface area (Å²) in [5, 5.41) is 1.33. The molecule has 2 unspecified atom stereocenters. The van der Waals surface area contributed by atoms with Gasteiger partial charge in [0.1, 0.15) is 0 Å². The summed E-state index contributed by atoms with van der Waals surface area (Å²) in [5.41, 5.74) is 15.8. The first-order valence-corrected chi connectivity index (χ1v) is 21.3. The molecule has 4 aliphatic rings. The average Bonchev–Trinajstić information content (AvgIpc) is 3.69. The lowest BCUT2D eigenvalue weighted by atomic mass is 9.39. The zero-order valence-corrected chi connectivity index (χ0v) is 34.7. The average molecular weight is 751 g/mol. The molecule has 3 aliphatic heterocycles. The number of thioether (sulfide) groups is 1. The number of rotatable bonds is 3. The fourth-order valence-corrected chi connectivity index (χ4v) is 12.3. The molecule has 4 heterocycles. The zero-order valence-electron chi connectivity index (χ0n) is 33.1. The van der Waals surface area contributed by atoms with Crippen LogP contribution in [0.4, 0.5) is 28.4 Å². The van der Waals surface area contributed by atoms with Crippen molar-refractivity contribution in [3.05, 3.63) is 161 Å². The van der Waals surface area contributed by atoms with Gasteiger partial charge in [0.05, 0.1) is 11.4 Å². The quantitative estimate of drug-likeness (QED) is 0.166. The molecule has 0 fully saturated rings. The first-order chi connectivity index (χ1) is 26.3. The first kappa shape index (κ1) is 34.8. The summed E-state index contributed by atoms with van der Waals surface area (Å²) < 4.78 is 2.70. The molecular formula is C50H47BN2S2. The Morgan fingerprint density at radius 3 is 2.04 bits per heavy atom. The lowest BCUT2D eigenvalue weighted by molar-refractivity contribution is 0.590. The minimum absolute atomic E-state index is 0.0770. The van der Waals surface area contributed by atoms with Crippen LogP contribution in [-0.4, -0.2) is 11.5 Å².